The van der Waals surface area contributed by atoms with Gasteiger partial charge in [-0.15, -0.1) is 0 Å². The van der Waals surface area contributed by atoms with E-state index in [1.807, 2.05) is 6.07 Å². The SMILES string of the molecule is COc1ccc2c(c1)CCCC2(C#N)NCC(F)(F)F. The van der Waals surface area contributed by atoms with Crippen LogP contribution in [-0.2, 0) is 12.0 Å². The Labute approximate surface area is 115 Å². The van der Waals surface area contributed by atoms with E-state index in [4.69, 9.17) is 4.74 Å². The standard InChI is InChI=1S/C14H15F3N2O/c1-20-11-4-5-12-10(7-11)3-2-6-13(12,8-18)19-9-14(15,16)17/h4-5,7,19H,2-3,6,9H2,1H3. The second-order valence-corrected chi connectivity index (χ2v) is 4.86. The van der Waals surface area contributed by atoms with Crippen LogP contribution in [0, 0.1) is 11.3 Å². The molecule has 0 amide bonds. The molecular formula is C14H15F3N2O. The van der Waals surface area contributed by atoms with E-state index in [9.17, 15) is 18.4 Å². The number of halogens is 3. The Morgan fingerprint density at radius 3 is 2.80 bits per heavy atom. The maximum absolute atomic E-state index is 12.4. The summed E-state index contributed by atoms with van der Waals surface area (Å²) in [6.45, 7) is -1.17. The number of benzene rings is 1. The summed E-state index contributed by atoms with van der Waals surface area (Å²) in [6, 6.07) is 7.17. The molecule has 0 saturated heterocycles. The molecule has 0 saturated carbocycles. The summed E-state index contributed by atoms with van der Waals surface area (Å²) in [5.41, 5.74) is 0.221. The van der Waals surface area contributed by atoms with Crippen molar-refractivity contribution in [3.05, 3.63) is 29.3 Å². The summed E-state index contributed by atoms with van der Waals surface area (Å²) in [7, 11) is 1.53. The lowest BCUT2D eigenvalue weighted by molar-refractivity contribution is -0.128. The van der Waals surface area contributed by atoms with E-state index < -0.39 is 18.3 Å². The van der Waals surface area contributed by atoms with Crippen LogP contribution >= 0.6 is 0 Å². The van der Waals surface area contributed by atoms with Crippen molar-refractivity contribution in [2.45, 2.75) is 31.0 Å². The van der Waals surface area contributed by atoms with Gasteiger partial charge in [0.25, 0.3) is 0 Å². The fourth-order valence-corrected chi connectivity index (χ4v) is 2.59. The highest BCUT2D eigenvalue weighted by Crippen LogP contribution is 2.37. The summed E-state index contributed by atoms with van der Waals surface area (Å²) in [6.07, 6.45) is -2.56. The van der Waals surface area contributed by atoms with Crippen molar-refractivity contribution in [3.8, 4) is 11.8 Å². The van der Waals surface area contributed by atoms with Crippen molar-refractivity contribution in [1.29, 1.82) is 5.26 Å². The van der Waals surface area contributed by atoms with Crippen LogP contribution in [-0.4, -0.2) is 19.8 Å². The molecule has 1 aromatic carbocycles. The predicted octanol–water partition coefficient (Wildman–Crippen LogP) is 2.90. The van der Waals surface area contributed by atoms with Gasteiger partial charge in [0.2, 0.25) is 0 Å². The van der Waals surface area contributed by atoms with Crippen LogP contribution in [0.25, 0.3) is 0 Å². The van der Waals surface area contributed by atoms with Gasteiger partial charge in [0, 0.05) is 0 Å². The molecule has 0 heterocycles. The lowest BCUT2D eigenvalue weighted by Crippen LogP contribution is -2.47. The van der Waals surface area contributed by atoms with Crippen LogP contribution < -0.4 is 10.1 Å². The van der Waals surface area contributed by atoms with E-state index in [0.717, 1.165) is 12.0 Å². The molecule has 1 atom stereocenters. The third-order valence-corrected chi connectivity index (χ3v) is 3.55. The Hall–Kier alpha value is -1.74. The van der Waals surface area contributed by atoms with Crippen molar-refractivity contribution in [1.82, 2.24) is 5.32 Å². The summed E-state index contributed by atoms with van der Waals surface area (Å²) >= 11 is 0. The quantitative estimate of drug-likeness (QED) is 0.928. The smallest absolute Gasteiger partial charge is 0.401 e. The van der Waals surface area contributed by atoms with E-state index in [0.29, 0.717) is 24.2 Å². The van der Waals surface area contributed by atoms with Crippen LogP contribution in [0.2, 0.25) is 0 Å². The zero-order chi connectivity index (χ0) is 14.8. The van der Waals surface area contributed by atoms with Crippen molar-refractivity contribution in [3.63, 3.8) is 0 Å². The number of ether oxygens (including phenoxy) is 1. The van der Waals surface area contributed by atoms with Gasteiger partial charge in [0.05, 0.1) is 19.7 Å². The zero-order valence-corrected chi connectivity index (χ0v) is 11.0. The van der Waals surface area contributed by atoms with Gasteiger partial charge in [0.1, 0.15) is 11.3 Å². The monoisotopic (exact) mass is 284 g/mol. The normalized spacial score (nSPS) is 21.9. The van der Waals surface area contributed by atoms with Gasteiger partial charge < -0.3 is 4.74 Å². The molecule has 108 valence electrons. The molecule has 0 spiro atoms. The van der Waals surface area contributed by atoms with E-state index in [1.54, 1.807) is 18.2 Å². The molecule has 20 heavy (non-hydrogen) atoms. The number of hydrogen-bond donors (Lipinski definition) is 1. The number of nitriles is 1. The lowest BCUT2D eigenvalue weighted by atomic mass is 9.77. The van der Waals surface area contributed by atoms with E-state index in [-0.39, 0.29) is 0 Å². The first-order valence-corrected chi connectivity index (χ1v) is 6.31. The number of nitrogens with zero attached hydrogens (tertiary/aromatic N) is 1. The molecule has 0 aromatic heterocycles. The first-order valence-electron chi connectivity index (χ1n) is 6.31. The van der Waals surface area contributed by atoms with Gasteiger partial charge in [-0.25, -0.2) is 0 Å². The molecule has 1 aliphatic rings. The fourth-order valence-electron chi connectivity index (χ4n) is 2.59. The van der Waals surface area contributed by atoms with Gasteiger partial charge in [-0.1, -0.05) is 6.07 Å². The number of hydrogen-bond acceptors (Lipinski definition) is 3. The first-order chi connectivity index (χ1) is 9.40. The average Bonchev–Trinajstić information content (AvgIpc) is 2.43. The Morgan fingerprint density at radius 1 is 1.45 bits per heavy atom. The summed E-state index contributed by atoms with van der Waals surface area (Å²) in [5, 5.41) is 11.8. The maximum atomic E-state index is 12.4. The summed E-state index contributed by atoms with van der Waals surface area (Å²) < 4.78 is 42.4. The second-order valence-electron chi connectivity index (χ2n) is 4.86. The molecule has 0 bridgehead atoms. The predicted molar refractivity (Wildman–Crippen MR) is 67.3 cm³/mol. The number of rotatable bonds is 3. The number of nitrogens with one attached hydrogen (secondary N) is 1. The van der Waals surface area contributed by atoms with Crippen LogP contribution in [0.1, 0.15) is 24.0 Å². The van der Waals surface area contributed by atoms with Crippen molar-refractivity contribution < 1.29 is 17.9 Å². The molecule has 1 aromatic rings. The number of fused-ring (bicyclic) bond motifs is 1. The largest absolute Gasteiger partial charge is 0.497 e. The molecular weight excluding hydrogens is 269 g/mol. The molecule has 0 aliphatic heterocycles. The maximum Gasteiger partial charge on any atom is 0.401 e. The number of aryl methyl sites for hydroxylation is 1. The van der Waals surface area contributed by atoms with Crippen LogP contribution in [0.4, 0.5) is 13.2 Å². The molecule has 3 nitrogen and oxygen atoms in total. The summed E-state index contributed by atoms with van der Waals surface area (Å²) in [4.78, 5) is 0. The molecule has 1 aliphatic carbocycles. The third kappa shape index (κ3) is 2.88. The van der Waals surface area contributed by atoms with Crippen LogP contribution in [0.3, 0.4) is 0 Å². The zero-order valence-electron chi connectivity index (χ0n) is 11.0. The third-order valence-electron chi connectivity index (χ3n) is 3.55. The number of methoxy groups -OCH3 is 1. The van der Waals surface area contributed by atoms with Crippen LogP contribution in [0.15, 0.2) is 18.2 Å². The molecule has 1 N–H and O–H groups in total. The van der Waals surface area contributed by atoms with Gasteiger partial charge in [-0.3, -0.25) is 5.32 Å². The van der Waals surface area contributed by atoms with Gasteiger partial charge >= 0.3 is 6.18 Å². The van der Waals surface area contributed by atoms with Gasteiger partial charge in [-0.2, -0.15) is 18.4 Å². The first kappa shape index (κ1) is 14.7. The molecule has 6 heteroatoms. The highest BCUT2D eigenvalue weighted by molar-refractivity contribution is 5.45. The van der Waals surface area contributed by atoms with Gasteiger partial charge in [0.15, 0.2) is 0 Å². The Morgan fingerprint density at radius 2 is 2.20 bits per heavy atom. The van der Waals surface area contributed by atoms with E-state index in [2.05, 4.69) is 5.32 Å². The Balaban J connectivity index is 2.35. The van der Waals surface area contributed by atoms with E-state index in [1.165, 1.54) is 7.11 Å². The van der Waals surface area contributed by atoms with Crippen molar-refractivity contribution in [2.24, 2.45) is 0 Å². The molecule has 1 unspecified atom stereocenters. The molecule has 0 radical (unpaired) electrons. The van der Waals surface area contributed by atoms with Crippen LogP contribution in [0.5, 0.6) is 5.75 Å². The second kappa shape index (κ2) is 5.33. The highest BCUT2D eigenvalue weighted by atomic mass is 19.4. The minimum atomic E-state index is -4.34. The van der Waals surface area contributed by atoms with Crippen molar-refractivity contribution in [2.75, 3.05) is 13.7 Å². The minimum absolute atomic E-state index is 0.374. The number of alkyl halides is 3. The van der Waals surface area contributed by atoms with E-state index >= 15 is 0 Å². The average molecular weight is 284 g/mol. The Bertz CT molecular complexity index is 536. The minimum Gasteiger partial charge on any atom is -0.497 e. The fraction of sp³-hybridized carbons (Fsp3) is 0.500. The molecule has 0 fully saturated rings. The summed E-state index contributed by atoms with van der Waals surface area (Å²) in [5.74, 6) is 0.647. The molecule has 2 rings (SSSR count). The van der Waals surface area contributed by atoms with Crippen molar-refractivity contribution >= 4 is 0 Å². The Kier molecular flexibility index (Phi) is 3.91. The van der Waals surface area contributed by atoms with Gasteiger partial charge in [-0.05, 0) is 42.5 Å². The lowest BCUT2D eigenvalue weighted by Gasteiger charge is -2.34. The highest BCUT2D eigenvalue weighted by Gasteiger charge is 2.40. The topological polar surface area (TPSA) is 45.0 Å².